The molecule has 3 unspecified atom stereocenters. The summed E-state index contributed by atoms with van der Waals surface area (Å²) in [6.07, 6.45) is 10.8. The molecule has 1 aliphatic rings. The topological polar surface area (TPSA) is 61.4 Å². The summed E-state index contributed by atoms with van der Waals surface area (Å²) in [5.41, 5.74) is 1.23. The lowest BCUT2D eigenvalue weighted by atomic mass is 9.81. The zero-order chi connectivity index (χ0) is 24.1. The number of carbonyl (C=O) groups is 1. The third kappa shape index (κ3) is 11.1. The molecule has 0 aromatic heterocycles. The van der Waals surface area contributed by atoms with Crippen molar-refractivity contribution in [3.63, 3.8) is 0 Å². The molecule has 2 rings (SSSR count). The number of carbonyl (C=O) groups excluding carboxylic acids is 1. The highest BCUT2D eigenvalue weighted by molar-refractivity contribution is 5.78. The van der Waals surface area contributed by atoms with E-state index in [0.717, 1.165) is 25.8 Å². The molecule has 3 atom stereocenters. The molecular weight excluding hydrogens is 408 g/mol. The van der Waals surface area contributed by atoms with Crippen molar-refractivity contribution in [1.82, 2.24) is 10.6 Å². The van der Waals surface area contributed by atoms with E-state index >= 15 is 0 Å². The summed E-state index contributed by atoms with van der Waals surface area (Å²) in [6, 6.07) is 10.3. The molecule has 1 aromatic carbocycles. The number of benzene rings is 1. The van der Waals surface area contributed by atoms with Crippen molar-refractivity contribution >= 4 is 5.91 Å². The van der Waals surface area contributed by atoms with Crippen LogP contribution >= 0.6 is 0 Å². The molecule has 0 radical (unpaired) electrons. The maximum absolute atomic E-state index is 13.0. The monoisotopic (exact) mass is 458 g/mol. The number of hydrogen-bond acceptors (Lipinski definition) is 3. The van der Waals surface area contributed by atoms with Crippen LogP contribution in [0.2, 0.25) is 0 Å². The third-order valence-corrected chi connectivity index (χ3v) is 7.33. The number of rotatable bonds is 15. The summed E-state index contributed by atoms with van der Waals surface area (Å²) in [4.78, 5) is 13.0. The Morgan fingerprint density at radius 2 is 1.73 bits per heavy atom. The van der Waals surface area contributed by atoms with Gasteiger partial charge in [-0.25, -0.2) is 0 Å². The van der Waals surface area contributed by atoms with Crippen LogP contribution in [0.15, 0.2) is 30.3 Å². The first-order valence-electron chi connectivity index (χ1n) is 13.6. The van der Waals surface area contributed by atoms with E-state index in [1.165, 1.54) is 44.1 Å². The molecule has 4 heteroatoms. The van der Waals surface area contributed by atoms with Crippen LogP contribution in [0, 0.1) is 23.7 Å². The standard InChI is InChI=1S/C29H50N2O2/c1-22(2)12-11-18-30-27(20-25-15-9-6-10-16-25)28(32)21-26(23(3)4)29(33)31-19-17-24-13-7-5-8-14-24/h5,7-8,13-14,22-23,25-28,30,32H,6,9-12,15-21H2,1-4H3,(H,31,33). The zero-order valence-corrected chi connectivity index (χ0v) is 21.7. The summed E-state index contributed by atoms with van der Waals surface area (Å²) >= 11 is 0. The second-order valence-electron chi connectivity index (χ2n) is 11.0. The van der Waals surface area contributed by atoms with Crippen LogP contribution in [-0.4, -0.2) is 36.2 Å². The average molecular weight is 459 g/mol. The molecule has 0 bridgehead atoms. The van der Waals surface area contributed by atoms with Crippen molar-refractivity contribution in [2.75, 3.05) is 13.1 Å². The predicted molar refractivity (Wildman–Crippen MR) is 139 cm³/mol. The van der Waals surface area contributed by atoms with Gasteiger partial charge in [0.15, 0.2) is 0 Å². The van der Waals surface area contributed by atoms with Crippen molar-refractivity contribution in [2.24, 2.45) is 23.7 Å². The van der Waals surface area contributed by atoms with Crippen LogP contribution in [0.4, 0.5) is 0 Å². The highest BCUT2D eigenvalue weighted by Gasteiger charge is 2.30. The lowest BCUT2D eigenvalue weighted by Crippen LogP contribution is -2.45. The van der Waals surface area contributed by atoms with Crippen LogP contribution < -0.4 is 10.6 Å². The molecule has 188 valence electrons. The van der Waals surface area contributed by atoms with Gasteiger partial charge in [-0.3, -0.25) is 4.79 Å². The Kier molecular flexibility index (Phi) is 13.1. The van der Waals surface area contributed by atoms with Crippen molar-refractivity contribution in [3.8, 4) is 0 Å². The van der Waals surface area contributed by atoms with E-state index in [-0.39, 0.29) is 23.8 Å². The third-order valence-electron chi connectivity index (χ3n) is 7.33. The summed E-state index contributed by atoms with van der Waals surface area (Å²) in [5.74, 6) is 1.53. The zero-order valence-electron chi connectivity index (χ0n) is 21.7. The van der Waals surface area contributed by atoms with Gasteiger partial charge in [-0.1, -0.05) is 90.1 Å². The molecule has 1 fully saturated rings. The first-order valence-corrected chi connectivity index (χ1v) is 13.6. The molecule has 1 saturated carbocycles. The van der Waals surface area contributed by atoms with E-state index in [1.54, 1.807) is 0 Å². The minimum Gasteiger partial charge on any atom is -0.391 e. The number of aliphatic hydroxyl groups excluding tert-OH is 1. The van der Waals surface area contributed by atoms with Gasteiger partial charge in [0.05, 0.1) is 6.10 Å². The summed E-state index contributed by atoms with van der Waals surface area (Å²) in [7, 11) is 0. The SMILES string of the molecule is CC(C)CCCNC(CC1CCCCC1)C(O)CC(C(=O)NCCc1ccccc1)C(C)C. The van der Waals surface area contributed by atoms with Gasteiger partial charge in [0, 0.05) is 18.5 Å². The number of amides is 1. The molecular formula is C29H50N2O2. The second kappa shape index (κ2) is 15.5. The van der Waals surface area contributed by atoms with Gasteiger partial charge in [0.25, 0.3) is 0 Å². The van der Waals surface area contributed by atoms with Crippen LogP contribution in [-0.2, 0) is 11.2 Å². The molecule has 4 nitrogen and oxygen atoms in total. The Morgan fingerprint density at radius 1 is 1.03 bits per heavy atom. The molecule has 1 aromatic rings. The fourth-order valence-electron chi connectivity index (χ4n) is 5.17. The molecule has 0 saturated heterocycles. The van der Waals surface area contributed by atoms with E-state index in [2.05, 4.69) is 50.5 Å². The quantitative estimate of drug-likeness (QED) is 0.294. The van der Waals surface area contributed by atoms with E-state index in [1.807, 2.05) is 18.2 Å². The lowest BCUT2D eigenvalue weighted by Gasteiger charge is -2.32. The van der Waals surface area contributed by atoms with Gasteiger partial charge < -0.3 is 15.7 Å². The molecule has 0 spiro atoms. The average Bonchev–Trinajstić information content (AvgIpc) is 2.80. The Balaban J connectivity index is 1.91. The Morgan fingerprint density at radius 3 is 2.36 bits per heavy atom. The fraction of sp³-hybridized carbons (Fsp3) is 0.759. The van der Waals surface area contributed by atoms with Crippen LogP contribution in [0.25, 0.3) is 0 Å². The maximum Gasteiger partial charge on any atom is 0.223 e. The van der Waals surface area contributed by atoms with Gasteiger partial charge in [0.2, 0.25) is 5.91 Å². The smallest absolute Gasteiger partial charge is 0.223 e. The fourth-order valence-corrected chi connectivity index (χ4v) is 5.17. The minimum absolute atomic E-state index is 0.0798. The van der Waals surface area contributed by atoms with E-state index in [0.29, 0.717) is 24.8 Å². The molecule has 0 aliphatic heterocycles. The van der Waals surface area contributed by atoms with Crippen LogP contribution in [0.3, 0.4) is 0 Å². The number of hydrogen-bond donors (Lipinski definition) is 3. The largest absolute Gasteiger partial charge is 0.391 e. The van der Waals surface area contributed by atoms with Crippen molar-refractivity contribution in [1.29, 1.82) is 0 Å². The van der Waals surface area contributed by atoms with Crippen LogP contribution in [0.5, 0.6) is 0 Å². The van der Waals surface area contributed by atoms with Crippen LogP contribution in [0.1, 0.15) is 91.0 Å². The van der Waals surface area contributed by atoms with Crippen molar-refractivity contribution in [3.05, 3.63) is 35.9 Å². The van der Waals surface area contributed by atoms with Crippen molar-refractivity contribution in [2.45, 2.75) is 104 Å². The second-order valence-corrected chi connectivity index (χ2v) is 11.0. The van der Waals surface area contributed by atoms with Gasteiger partial charge in [-0.2, -0.15) is 0 Å². The molecule has 33 heavy (non-hydrogen) atoms. The predicted octanol–water partition coefficient (Wildman–Crippen LogP) is 5.73. The number of aliphatic hydroxyl groups is 1. The van der Waals surface area contributed by atoms with Gasteiger partial charge in [-0.05, 0) is 62.0 Å². The highest BCUT2D eigenvalue weighted by atomic mass is 16.3. The molecule has 1 aliphatic carbocycles. The Hall–Kier alpha value is -1.39. The van der Waals surface area contributed by atoms with Gasteiger partial charge >= 0.3 is 0 Å². The Labute approximate surface area is 203 Å². The van der Waals surface area contributed by atoms with Gasteiger partial charge in [0.1, 0.15) is 0 Å². The maximum atomic E-state index is 13.0. The summed E-state index contributed by atoms with van der Waals surface area (Å²) in [6.45, 7) is 10.3. The Bertz CT molecular complexity index is 640. The normalized spacial score (nSPS) is 17.8. The van der Waals surface area contributed by atoms with E-state index in [4.69, 9.17) is 0 Å². The lowest BCUT2D eigenvalue weighted by molar-refractivity contribution is -0.127. The molecule has 0 heterocycles. The minimum atomic E-state index is -0.488. The first-order chi connectivity index (χ1) is 15.9. The first kappa shape index (κ1) is 27.9. The van der Waals surface area contributed by atoms with E-state index < -0.39 is 6.10 Å². The molecule has 1 amide bonds. The van der Waals surface area contributed by atoms with E-state index in [9.17, 15) is 9.90 Å². The highest BCUT2D eigenvalue weighted by Crippen LogP contribution is 2.29. The molecule has 3 N–H and O–H groups in total. The summed E-state index contributed by atoms with van der Waals surface area (Å²) < 4.78 is 0. The summed E-state index contributed by atoms with van der Waals surface area (Å²) in [5, 5.41) is 18.1. The number of nitrogens with one attached hydrogen (secondary N) is 2. The van der Waals surface area contributed by atoms with Gasteiger partial charge in [-0.15, -0.1) is 0 Å². The van der Waals surface area contributed by atoms with Crippen molar-refractivity contribution < 1.29 is 9.90 Å².